The van der Waals surface area contributed by atoms with E-state index in [0.29, 0.717) is 6.26 Å². The van der Waals surface area contributed by atoms with Crippen molar-refractivity contribution in [3.8, 4) is 0 Å². The second kappa shape index (κ2) is 17.6. The molecule has 0 aliphatic carbocycles. The molecule has 1 fully saturated rings. The van der Waals surface area contributed by atoms with E-state index in [-0.39, 0.29) is 42.0 Å². The molecule has 0 saturated carbocycles. The Morgan fingerprint density at radius 1 is 0.838 bits per heavy atom. The first-order chi connectivity index (χ1) is 16.9. The summed E-state index contributed by atoms with van der Waals surface area (Å²) in [6.07, 6.45) is 6.05. The van der Waals surface area contributed by atoms with Crippen LogP contribution in [0.5, 0.6) is 0 Å². The normalized spacial score (nSPS) is 12.5. The van der Waals surface area contributed by atoms with Crippen LogP contribution in [0, 0.1) is 0 Å². The van der Waals surface area contributed by atoms with Gasteiger partial charge in [-0.1, -0.05) is 62.4 Å². The summed E-state index contributed by atoms with van der Waals surface area (Å²) in [5.74, 6) is -0.420. The second-order valence-corrected chi connectivity index (χ2v) is 10.6. The molecule has 2 heterocycles. The van der Waals surface area contributed by atoms with E-state index in [1.807, 2.05) is 13.8 Å². The third kappa shape index (κ3) is 15.9. The molecule has 1 aromatic heterocycles. The van der Waals surface area contributed by atoms with E-state index >= 15 is 0 Å². The maximum Gasteiger partial charge on any atom is 1.00 e. The van der Waals surface area contributed by atoms with E-state index in [9.17, 15) is 17.8 Å². The molecule has 198 valence electrons. The standard InChI is InChI=1S/C12H16N2O4S.C10H8.C2H6.CH4O3S.Na/c15-12(13-6-1-2-7-13)14-8-3-11(4-9-14)5-10-19(16,17)18;1-2-6-10-8-4-3-7-9(10)5-1;1-2;1-5(2,3)4;/h3-4,8-9H,1-2,5-7,10H2;1-8H;1-2H3;1H3,(H,2,3,4);/q;;;;+1/p-1. The van der Waals surface area contributed by atoms with Gasteiger partial charge in [0.1, 0.15) is 0 Å². The van der Waals surface area contributed by atoms with Crippen LogP contribution in [0.15, 0.2) is 73.1 Å². The molecule has 1 aliphatic heterocycles. The van der Waals surface area contributed by atoms with Crippen LogP contribution < -0.4 is 34.1 Å². The summed E-state index contributed by atoms with van der Waals surface area (Å²) in [5.41, 5.74) is 0.727. The van der Waals surface area contributed by atoms with Crippen molar-refractivity contribution < 1.29 is 64.9 Å². The molecule has 3 aromatic rings. The van der Waals surface area contributed by atoms with Gasteiger partial charge >= 0.3 is 35.6 Å². The molecule has 12 heteroatoms. The maximum absolute atomic E-state index is 12.0. The zero-order chi connectivity index (χ0) is 27.2. The molecular formula is C25H33N2NaO7S2. The maximum atomic E-state index is 12.0. The number of fused-ring (bicyclic) bond motifs is 1. The van der Waals surface area contributed by atoms with Gasteiger partial charge in [-0.2, -0.15) is 9.36 Å². The number of benzene rings is 2. The zero-order valence-electron chi connectivity index (χ0n) is 21.7. The van der Waals surface area contributed by atoms with Crippen LogP contribution in [-0.4, -0.2) is 62.0 Å². The number of hydrogen-bond donors (Lipinski definition) is 0. The van der Waals surface area contributed by atoms with Gasteiger partial charge in [0.15, 0.2) is 0 Å². The minimum atomic E-state index is -4.19. The molecule has 0 radical (unpaired) electrons. The smallest absolute Gasteiger partial charge is 0.748 e. The Hall–Kier alpha value is -1.86. The second-order valence-electron chi connectivity index (χ2n) is 7.65. The van der Waals surface area contributed by atoms with Crippen LogP contribution in [-0.2, 0) is 26.7 Å². The van der Waals surface area contributed by atoms with Crippen molar-refractivity contribution in [2.75, 3.05) is 25.1 Å². The largest absolute Gasteiger partial charge is 1.00 e. The van der Waals surface area contributed by atoms with Crippen molar-refractivity contribution in [1.82, 2.24) is 4.90 Å². The van der Waals surface area contributed by atoms with Crippen LogP contribution >= 0.6 is 0 Å². The molecule has 4 rings (SSSR count). The summed E-state index contributed by atoms with van der Waals surface area (Å²) in [4.78, 5) is 13.8. The molecule has 0 atom stereocenters. The van der Waals surface area contributed by atoms with Crippen LogP contribution in [0.25, 0.3) is 10.8 Å². The fraction of sp³-hybridized carbons (Fsp3) is 0.360. The molecule has 37 heavy (non-hydrogen) atoms. The predicted octanol–water partition coefficient (Wildman–Crippen LogP) is 0.157. The number of aryl methyl sites for hydroxylation is 1. The molecule has 0 N–H and O–H groups in total. The summed E-state index contributed by atoms with van der Waals surface area (Å²) in [7, 11) is -8.11. The summed E-state index contributed by atoms with van der Waals surface area (Å²) in [6, 6.07) is 20.0. The van der Waals surface area contributed by atoms with Crippen LogP contribution in [0.3, 0.4) is 0 Å². The monoisotopic (exact) mass is 560 g/mol. The van der Waals surface area contributed by atoms with Crippen molar-refractivity contribution in [1.29, 1.82) is 0 Å². The minimum Gasteiger partial charge on any atom is -0.748 e. The zero-order valence-corrected chi connectivity index (χ0v) is 25.4. The Bertz CT molecular complexity index is 1220. The van der Waals surface area contributed by atoms with Crippen molar-refractivity contribution in [3.05, 3.63) is 78.6 Å². The molecule has 9 nitrogen and oxygen atoms in total. The first-order valence-electron chi connectivity index (χ1n) is 11.5. The van der Waals surface area contributed by atoms with Gasteiger partial charge in [-0.05, 0) is 47.7 Å². The first-order valence-corrected chi connectivity index (χ1v) is 14.9. The third-order valence-electron chi connectivity index (χ3n) is 4.80. The summed E-state index contributed by atoms with van der Waals surface area (Å²) in [6.45, 7) is 5.56. The molecule has 2 aromatic carbocycles. The first kappa shape index (κ1) is 35.1. The fourth-order valence-corrected chi connectivity index (χ4v) is 3.68. The van der Waals surface area contributed by atoms with Gasteiger partial charge in [0.25, 0.3) is 0 Å². The van der Waals surface area contributed by atoms with Crippen molar-refractivity contribution in [3.63, 3.8) is 0 Å². The molecule has 0 unspecified atom stereocenters. The van der Waals surface area contributed by atoms with Crippen molar-refractivity contribution >= 4 is 37.0 Å². The fourth-order valence-electron chi connectivity index (χ4n) is 3.20. The number of carbonyl (C=O) groups is 1. The third-order valence-corrected chi connectivity index (χ3v) is 5.50. The Labute approximate surface area is 242 Å². The van der Waals surface area contributed by atoms with E-state index in [1.165, 1.54) is 15.3 Å². The molecule has 1 aliphatic rings. The SMILES string of the molecule is CC.CS(=O)(=O)[O-].O=C(N1CCCC1)[n+]1ccc(CCS(=O)(=O)[O-])cc1.[Na+].c1ccc2ccccc2c1. The van der Waals surface area contributed by atoms with Gasteiger partial charge in [-0.25, -0.2) is 21.7 Å². The van der Waals surface area contributed by atoms with Gasteiger partial charge in [-0.15, -0.1) is 0 Å². The predicted molar refractivity (Wildman–Crippen MR) is 137 cm³/mol. The van der Waals surface area contributed by atoms with Crippen molar-refractivity contribution in [2.24, 2.45) is 0 Å². The molecular weight excluding hydrogens is 527 g/mol. The Kier molecular flexibility index (Phi) is 16.7. The minimum absolute atomic E-state index is 0. The van der Waals surface area contributed by atoms with Crippen molar-refractivity contribution in [2.45, 2.75) is 33.1 Å². The Morgan fingerprint density at radius 3 is 1.57 bits per heavy atom. The van der Waals surface area contributed by atoms with Crippen LogP contribution in [0.4, 0.5) is 4.79 Å². The van der Waals surface area contributed by atoms with E-state index < -0.39 is 26.0 Å². The number of hydrogen-bond acceptors (Lipinski definition) is 7. The summed E-state index contributed by atoms with van der Waals surface area (Å²) < 4.78 is 60.3. The number of nitrogens with zero attached hydrogens (tertiary/aromatic N) is 2. The van der Waals surface area contributed by atoms with Gasteiger partial charge < -0.3 is 9.11 Å². The Morgan fingerprint density at radius 2 is 1.22 bits per heavy atom. The van der Waals surface area contributed by atoms with Crippen LogP contribution in [0.2, 0.25) is 0 Å². The number of pyridine rings is 1. The quantitative estimate of drug-likeness (QED) is 0.253. The number of rotatable bonds is 3. The number of amides is 1. The van der Waals surface area contributed by atoms with Gasteiger partial charge in [-0.3, -0.25) is 0 Å². The molecule has 1 amide bonds. The number of likely N-dealkylation sites (tertiary alicyclic amines) is 1. The van der Waals surface area contributed by atoms with Crippen LogP contribution in [0.1, 0.15) is 32.3 Å². The van der Waals surface area contributed by atoms with E-state index in [2.05, 4.69) is 48.5 Å². The van der Waals surface area contributed by atoms with E-state index in [4.69, 9.17) is 13.0 Å². The van der Waals surface area contributed by atoms with Gasteiger partial charge in [0, 0.05) is 12.0 Å². The summed E-state index contributed by atoms with van der Waals surface area (Å²) in [5, 5.41) is 2.62. The molecule has 0 spiro atoms. The number of carbonyl (C=O) groups excluding carboxylic acids is 1. The van der Waals surface area contributed by atoms with Gasteiger partial charge in [0.2, 0.25) is 0 Å². The number of aromatic nitrogens is 1. The van der Waals surface area contributed by atoms with E-state index in [0.717, 1.165) is 31.5 Å². The molecule has 1 saturated heterocycles. The average molecular weight is 561 g/mol. The average Bonchev–Trinajstić information content (AvgIpc) is 3.38. The van der Waals surface area contributed by atoms with Gasteiger partial charge in [0.05, 0.1) is 45.7 Å². The van der Waals surface area contributed by atoms with E-state index in [1.54, 1.807) is 29.4 Å². The Balaban J connectivity index is 0.000000602. The summed E-state index contributed by atoms with van der Waals surface area (Å²) >= 11 is 0. The topological polar surface area (TPSA) is 139 Å². The molecule has 0 bridgehead atoms.